The van der Waals surface area contributed by atoms with Gasteiger partial charge < -0.3 is 0 Å². The average molecular weight is 221 g/mol. The van der Waals surface area contributed by atoms with E-state index in [-0.39, 0.29) is 5.75 Å². The van der Waals surface area contributed by atoms with Gasteiger partial charge in [0.25, 0.3) is 0 Å². The average Bonchev–Trinajstić information content (AvgIpc) is 2.15. The lowest BCUT2D eigenvalue weighted by Crippen LogP contribution is -2.01. The number of rotatable bonds is 2. The van der Waals surface area contributed by atoms with Crippen LogP contribution in [0, 0.1) is 6.26 Å². The predicted octanol–water partition coefficient (Wildman–Crippen LogP) is 1.34. The minimum absolute atomic E-state index is 0.176. The Bertz CT molecular complexity index is 593. The Kier molecular flexibility index (Phi) is 2.40. The fourth-order valence-electron chi connectivity index (χ4n) is 1.29. The van der Waals surface area contributed by atoms with E-state index in [1.54, 1.807) is 6.07 Å². The van der Waals surface area contributed by atoms with Crippen molar-refractivity contribution in [1.82, 2.24) is 9.97 Å². The molecular formula is C10H9N2O2S. The molecule has 0 unspecified atom stereocenters. The van der Waals surface area contributed by atoms with Gasteiger partial charge in [-0.25, -0.2) is 13.4 Å². The Hall–Kier alpha value is -1.49. The molecule has 0 spiro atoms. The molecule has 0 bridgehead atoms. The van der Waals surface area contributed by atoms with E-state index in [4.69, 9.17) is 0 Å². The molecule has 0 saturated heterocycles. The number of fused-ring (bicyclic) bond motifs is 1. The highest BCUT2D eigenvalue weighted by Crippen LogP contribution is 2.10. The zero-order valence-electron chi connectivity index (χ0n) is 7.92. The minimum atomic E-state index is -3.30. The lowest BCUT2D eigenvalue weighted by Gasteiger charge is -2.00. The first-order valence-electron chi connectivity index (χ1n) is 4.31. The molecule has 1 radical (unpaired) electrons. The quantitative estimate of drug-likeness (QED) is 0.767. The predicted molar refractivity (Wildman–Crippen MR) is 57.5 cm³/mol. The highest BCUT2D eigenvalue weighted by molar-refractivity contribution is 7.91. The Balaban J connectivity index is 2.48. The van der Waals surface area contributed by atoms with Crippen molar-refractivity contribution in [1.29, 1.82) is 0 Å². The number of nitrogens with zero attached hydrogens (tertiary/aromatic N) is 2. The molecule has 0 aliphatic carbocycles. The number of benzene rings is 1. The molecule has 4 nitrogen and oxygen atoms in total. The number of hydrogen-bond acceptors (Lipinski definition) is 4. The first-order valence-corrected chi connectivity index (χ1v) is 6.13. The number of sulfone groups is 1. The van der Waals surface area contributed by atoms with Crippen molar-refractivity contribution in [3.05, 3.63) is 42.4 Å². The number of para-hydroxylation sites is 2. The van der Waals surface area contributed by atoms with E-state index in [0.29, 0.717) is 11.2 Å². The van der Waals surface area contributed by atoms with Crippen LogP contribution in [0.2, 0.25) is 0 Å². The molecule has 1 aromatic carbocycles. The maximum atomic E-state index is 11.0. The summed E-state index contributed by atoms with van der Waals surface area (Å²) in [7, 11) is -3.30. The summed E-state index contributed by atoms with van der Waals surface area (Å²) < 4.78 is 21.9. The third-order valence-corrected chi connectivity index (χ3v) is 2.60. The van der Waals surface area contributed by atoms with Gasteiger partial charge in [-0.3, -0.25) is 4.98 Å². The van der Waals surface area contributed by atoms with E-state index in [2.05, 4.69) is 16.2 Å². The van der Waals surface area contributed by atoms with Crippen LogP contribution in [-0.4, -0.2) is 18.4 Å². The molecule has 1 heterocycles. The van der Waals surface area contributed by atoms with Gasteiger partial charge in [0.1, 0.15) is 0 Å². The van der Waals surface area contributed by atoms with Crippen LogP contribution in [0.3, 0.4) is 0 Å². The first-order chi connectivity index (χ1) is 7.04. The van der Waals surface area contributed by atoms with Gasteiger partial charge in [0.2, 0.25) is 0 Å². The molecule has 1 aromatic heterocycles. The van der Waals surface area contributed by atoms with Gasteiger partial charge in [0.05, 0.1) is 34.9 Å². The van der Waals surface area contributed by atoms with Crippen LogP contribution in [-0.2, 0) is 15.6 Å². The Morgan fingerprint density at radius 2 is 1.87 bits per heavy atom. The molecule has 2 aromatic rings. The standard InChI is InChI=1S/C10H9N2O2S/c1-15(13,14)7-8-6-11-9-4-2-3-5-10(9)12-8/h2-6H,1,7H2. The van der Waals surface area contributed by atoms with Gasteiger partial charge in [0, 0.05) is 0 Å². The zero-order valence-corrected chi connectivity index (χ0v) is 8.74. The number of hydrogen-bond donors (Lipinski definition) is 0. The SMILES string of the molecule is [CH2]S(=O)(=O)Cc1cnc2ccccc2n1. The summed E-state index contributed by atoms with van der Waals surface area (Å²) in [5.41, 5.74) is 1.87. The topological polar surface area (TPSA) is 59.9 Å². The summed E-state index contributed by atoms with van der Waals surface area (Å²) in [6.07, 6.45) is 4.51. The molecule has 0 saturated carbocycles. The summed E-state index contributed by atoms with van der Waals surface area (Å²) in [6, 6.07) is 7.31. The Labute approximate surface area is 87.9 Å². The van der Waals surface area contributed by atoms with Crippen molar-refractivity contribution < 1.29 is 8.42 Å². The van der Waals surface area contributed by atoms with Crippen molar-refractivity contribution in [3.63, 3.8) is 0 Å². The summed E-state index contributed by atoms with van der Waals surface area (Å²) in [6.45, 7) is 0. The van der Waals surface area contributed by atoms with Crippen LogP contribution >= 0.6 is 0 Å². The molecule has 0 atom stereocenters. The molecule has 0 N–H and O–H groups in total. The molecule has 0 fully saturated rings. The minimum Gasteiger partial charge on any atom is -0.253 e. The monoisotopic (exact) mass is 221 g/mol. The molecular weight excluding hydrogens is 212 g/mol. The van der Waals surface area contributed by atoms with Crippen LogP contribution in [0.15, 0.2) is 30.5 Å². The highest BCUT2D eigenvalue weighted by atomic mass is 32.2. The van der Waals surface area contributed by atoms with E-state index in [9.17, 15) is 8.42 Å². The van der Waals surface area contributed by atoms with Gasteiger partial charge >= 0.3 is 0 Å². The van der Waals surface area contributed by atoms with Gasteiger partial charge in [0.15, 0.2) is 9.84 Å². The van der Waals surface area contributed by atoms with Gasteiger partial charge in [-0.05, 0) is 12.1 Å². The van der Waals surface area contributed by atoms with Crippen molar-refractivity contribution in [2.24, 2.45) is 0 Å². The second-order valence-electron chi connectivity index (χ2n) is 3.24. The second-order valence-corrected chi connectivity index (χ2v) is 5.01. The van der Waals surface area contributed by atoms with Crippen LogP contribution in [0.5, 0.6) is 0 Å². The molecule has 15 heavy (non-hydrogen) atoms. The normalized spacial score (nSPS) is 11.8. The van der Waals surface area contributed by atoms with Crippen molar-refractivity contribution in [3.8, 4) is 0 Å². The third-order valence-electron chi connectivity index (χ3n) is 1.87. The van der Waals surface area contributed by atoms with E-state index in [1.165, 1.54) is 6.20 Å². The van der Waals surface area contributed by atoms with Crippen molar-refractivity contribution >= 4 is 20.9 Å². The summed E-state index contributed by atoms with van der Waals surface area (Å²) in [5.74, 6) is -0.176. The second kappa shape index (κ2) is 3.58. The van der Waals surface area contributed by atoms with E-state index in [1.807, 2.05) is 18.2 Å². The van der Waals surface area contributed by atoms with Crippen LogP contribution in [0.25, 0.3) is 11.0 Å². The molecule has 77 valence electrons. The van der Waals surface area contributed by atoms with Crippen LogP contribution in [0.4, 0.5) is 0 Å². The van der Waals surface area contributed by atoms with E-state index in [0.717, 1.165) is 5.52 Å². The molecule has 2 rings (SSSR count). The van der Waals surface area contributed by atoms with E-state index < -0.39 is 9.84 Å². The Morgan fingerprint density at radius 1 is 1.20 bits per heavy atom. The van der Waals surface area contributed by atoms with Gasteiger partial charge in [-0.15, -0.1) is 0 Å². The molecule has 0 aliphatic heterocycles. The fourth-order valence-corrected chi connectivity index (χ4v) is 1.88. The third kappa shape index (κ3) is 2.50. The molecule has 0 aliphatic rings. The Morgan fingerprint density at radius 3 is 2.53 bits per heavy atom. The summed E-state index contributed by atoms with van der Waals surface area (Å²) in [4.78, 5) is 8.29. The smallest absolute Gasteiger partial charge is 0.157 e. The molecule has 0 amide bonds. The first kappa shape index (κ1) is 10.0. The lowest BCUT2D eigenvalue weighted by atomic mass is 10.3. The van der Waals surface area contributed by atoms with Crippen LogP contribution in [0.1, 0.15) is 5.69 Å². The van der Waals surface area contributed by atoms with Crippen molar-refractivity contribution in [2.45, 2.75) is 5.75 Å². The maximum Gasteiger partial charge on any atom is 0.157 e. The van der Waals surface area contributed by atoms with Crippen molar-refractivity contribution in [2.75, 3.05) is 0 Å². The largest absolute Gasteiger partial charge is 0.253 e. The van der Waals surface area contributed by atoms with Gasteiger partial charge in [-0.2, -0.15) is 0 Å². The van der Waals surface area contributed by atoms with E-state index >= 15 is 0 Å². The molecule has 5 heteroatoms. The van der Waals surface area contributed by atoms with Crippen LogP contribution < -0.4 is 0 Å². The summed E-state index contributed by atoms with van der Waals surface area (Å²) in [5, 5.41) is 0. The zero-order chi connectivity index (χ0) is 10.9. The maximum absolute atomic E-state index is 11.0. The number of aromatic nitrogens is 2. The lowest BCUT2D eigenvalue weighted by molar-refractivity contribution is 0.603. The summed E-state index contributed by atoms with van der Waals surface area (Å²) >= 11 is 0. The van der Waals surface area contributed by atoms with Gasteiger partial charge in [-0.1, -0.05) is 12.1 Å². The highest BCUT2D eigenvalue weighted by Gasteiger charge is 2.07. The fraction of sp³-hybridized carbons (Fsp3) is 0.100.